The minimum Gasteiger partial charge on any atom is -0.497 e. The Morgan fingerprint density at radius 2 is 1.69 bits per heavy atom. The van der Waals surface area contributed by atoms with E-state index in [1.165, 1.54) is 10.5 Å². The predicted molar refractivity (Wildman–Crippen MR) is 121 cm³/mol. The molecule has 4 rings (SSSR count). The molecular formula is C23H26N4OS. The molecule has 0 amide bonds. The van der Waals surface area contributed by atoms with Crippen LogP contribution in [0.1, 0.15) is 5.56 Å². The van der Waals surface area contributed by atoms with Gasteiger partial charge in [-0.05, 0) is 61.3 Å². The highest BCUT2D eigenvalue weighted by Crippen LogP contribution is 2.28. The molecule has 1 aromatic heterocycles. The van der Waals surface area contributed by atoms with E-state index in [9.17, 15) is 0 Å². The third-order valence-electron chi connectivity index (χ3n) is 4.90. The summed E-state index contributed by atoms with van der Waals surface area (Å²) in [6.45, 7) is 5.98. The van der Waals surface area contributed by atoms with Gasteiger partial charge < -0.3 is 15.0 Å². The van der Waals surface area contributed by atoms with Gasteiger partial charge in [0.1, 0.15) is 17.4 Å². The third-order valence-corrected chi connectivity index (χ3v) is 5.98. The van der Waals surface area contributed by atoms with Crippen molar-refractivity contribution in [1.29, 1.82) is 0 Å². The fraction of sp³-hybridized carbons (Fsp3) is 0.261. The van der Waals surface area contributed by atoms with Crippen molar-refractivity contribution in [2.45, 2.75) is 11.8 Å². The van der Waals surface area contributed by atoms with Crippen molar-refractivity contribution in [3.05, 3.63) is 72.3 Å². The van der Waals surface area contributed by atoms with E-state index in [4.69, 9.17) is 9.72 Å². The van der Waals surface area contributed by atoms with E-state index in [1.54, 1.807) is 19.1 Å². The monoisotopic (exact) mass is 406 g/mol. The first-order valence-electron chi connectivity index (χ1n) is 9.82. The molecule has 1 N–H and O–H groups in total. The van der Waals surface area contributed by atoms with Crippen LogP contribution in [-0.2, 0) is 0 Å². The number of ether oxygens (including phenoxy) is 1. The van der Waals surface area contributed by atoms with Crippen molar-refractivity contribution in [3.8, 4) is 5.75 Å². The second-order valence-corrected chi connectivity index (χ2v) is 8.23. The maximum Gasteiger partial charge on any atom is 0.132 e. The molecule has 5 nitrogen and oxygen atoms in total. The molecule has 29 heavy (non-hydrogen) atoms. The van der Waals surface area contributed by atoms with Crippen LogP contribution in [0.15, 0.2) is 71.6 Å². The number of pyridine rings is 1. The van der Waals surface area contributed by atoms with Gasteiger partial charge in [-0.15, -0.1) is 0 Å². The molecule has 0 atom stereocenters. The van der Waals surface area contributed by atoms with E-state index in [1.807, 2.05) is 18.2 Å². The lowest BCUT2D eigenvalue weighted by Crippen LogP contribution is -2.43. The smallest absolute Gasteiger partial charge is 0.132 e. The Labute approximate surface area is 176 Å². The molecule has 0 radical (unpaired) electrons. The number of hydrogen-bond acceptors (Lipinski definition) is 6. The van der Waals surface area contributed by atoms with Crippen molar-refractivity contribution in [2.75, 3.05) is 43.5 Å². The SMILES string of the molecule is COc1cccc(SN2CCN(c3cccc(Nc4ccc(C)cc4)n3)CC2)c1. The van der Waals surface area contributed by atoms with Gasteiger partial charge in [0.25, 0.3) is 0 Å². The number of methoxy groups -OCH3 is 1. The Morgan fingerprint density at radius 1 is 0.931 bits per heavy atom. The van der Waals surface area contributed by atoms with E-state index in [0.29, 0.717) is 0 Å². The summed E-state index contributed by atoms with van der Waals surface area (Å²) in [7, 11) is 1.71. The van der Waals surface area contributed by atoms with E-state index in [0.717, 1.165) is 49.3 Å². The van der Waals surface area contributed by atoms with Gasteiger partial charge in [0.2, 0.25) is 0 Å². The first kappa shape index (κ1) is 19.6. The van der Waals surface area contributed by atoms with Gasteiger partial charge >= 0.3 is 0 Å². The molecule has 0 spiro atoms. The number of benzene rings is 2. The molecule has 1 saturated heterocycles. The van der Waals surface area contributed by atoms with Crippen LogP contribution in [0.25, 0.3) is 0 Å². The lowest BCUT2D eigenvalue weighted by molar-refractivity contribution is 0.412. The number of hydrogen-bond donors (Lipinski definition) is 1. The van der Waals surface area contributed by atoms with Gasteiger partial charge in [-0.2, -0.15) is 0 Å². The van der Waals surface area contributed by atoms with Gasteiger partial charge in [-0.1, -0.05) is 29.8 Å². The number of anilines is 3. The molecule has 6 heteroatoms. The Bertz CT molecular complexity index is 940. The largest absolute Gasteiger partial charge is 0.497 e. The van der Waals surface area contributed by atoms with Gasteiger partial charge in [-0.3, -0.25) is 0 Å². The highest BCUT2D eigenvalue weighted by atomic mass is 32.2. The normalized spacial score (nSPS) is 14.6. The standard InChI is InChI=1S/C23H26N4OS/c1-18-9-11-19(12-10-18)24-22-7-4-8-23(25-22)26-13-15-27(16-14-26)29-21-6-3-5-20(17-21)28-2/h3-12,17H,13-16H2,1-2H3,(H,24,25). The van der Waals surface area contributed by atoms with Crippen LogP contribution in [0.5, 0.6) is 5.75 Å². The fourth-order valence-electron chi connectivity index (χ4n) is 3.27. The van der Waals surface area contributed by atoms with Crippen molar-refractivity contribution < 1.29 is 4.74 Å². The zero-order valence-corrected chi connectivity index (χ0v) is 17.7. The maximum absolute atomic E-state index is 5.32. The van der Waals surface area contributed by atoms with Crippen LogP contribution in [0.3, 0.4) is 0 Å². The average Bonchev–Trinajstić information content (AvgIpc) is 2.76. The predicted octanol–water partition coefficient (Wildman–Crippen LogP) is 4.97. The Kier molecular flexibility index (Phi) is 6.22. The lowest BCUT2D eigenvalue weighted by Gasteiger charge is -2.34. The minimum atomic E-state index is 0.875. The van der Waals surface area contributed by atoms with E-state index in [-0.39, 0.29) is 0 Å². The lowest BCUT2D eigenvalue weighted by atomic mass is 10.2. The second kappa shape index (κ2) is 9.20. The Balaban J connectivity index is 1.35. The first-order chi connectivity index (χ1) is 14.2. The molecular weight excluding hydrogens is 380 g/mol. The topological polar surface area (TPSA) is 40.6 Å². The summed E-state index contributed by atoms with van der Waals surface area (Å²) in [5, 5.41) is 3.40. The van der Waals surface area contributed by atoms with Crippen LogP contribution in [0.4, 0.5) is 17.3 Å². The minimum absolute atomic E-state index is 0.875. The summed E-state index contributed by atoms with van der Waals surface area (Å²) in [5.41, 5.74) is 2.31. The molecule has 0 unspecified atom stereocenters. The molecule has 0 aliphatic carbocycles. The molecule has 2 heterocycles. The summed E-state index contributed by atoms with van der Waals surface area (Å²) < 4.78 is 7.73. The van der Waals surface area contributed by atoms with Crippen LogP contribution in [0.2, 0.25) is 0 Å². The maximum atomic E-state index is 5.32. The Hall–Kier alpha value is -2.70. The van der Waals surface area contributed by atoms with Crippen molar-refractivity contribution in [1.82, 2.24) is 9.29 Å². The molecule has 1 aliphatic rings. The van der Waals surface area contributed by atoms with Crippen LogP contribution < -0.4 is 15.0 Å². The molecule has 0 bridgehead atoms. The number of rotatable bonds is 6. The molecule has 0 saturated carbocycles. The fourth-order valence-corrected chi connectivity index (χ4v) is 4.22. The zero-order valence-electron chi connectivity index (χ0n) is 16.8. The number of piperazine rings is 1. The van der Waals surface area contributed by atoms with Gasteiger partial charge in [0.05, 0.1) is 7.11 Å². The number of nitrogens with one attached hydrogen (secondary N) is 1. The van der Waals surface area contributed by atoms with E-state index >= 15 is 0 Å². The summed E-state index contributed by atoms with van der Waals surface area (Å²) in [6, 6.07) is 22.8. The second-order valence-electron chi connectivity index (χ2n) is 7.06. The number of aryl methyl sites for hydroxylation is 1. The van der Waals surface area contributed by atoms with Gasteiger partial charge in [0.15, 0.2) is 0 Å². The molecule has 150 valence electrons. The van der Waals surface area contributed by atoms with Crippen molar-refractivity contribution in [3.63, 3.8) is 0 Å². The number of nitrogens with zero attached hydrogens (tertiary/aromatic N) is 3. The van der Waals surface area contributed by atoms with Gasteiger partial charge in [-0.25, -0.2) is 9.29 Å². The molecule has 1 fully saturated rings. The molecule has 1 aliphatic heterocycles. The van der Waals surface area contributed by atoms with Crippen molar-refractivity contribution in [2.24, 2.45) is 0 Å². The Morgan fingerprint density at radius 3 is 2.45 bits per heavy atom. The van der Waals surface area contributed by atoms with Crippen LogP contribution >= 0.6 is 11.9 Å². The summed E-state index contributed by atoms with van der Waals surface area (Å²) >= 11 is 1.79. The van der Waals surface area contributed by atoms with Crippen molar-refractivity contribution >= 4 is 29.3 Å². The highest BCUT2D eigenvalue weighted by Gasteiger charge is 2.19. The molecule has 2 aromatic carbocycles. The summed E-state index contributed by atoms with van der Waals surface area (Å²) in [4.78, 5) is 8.38. The van der Waals surface area contributed by atoms with E-state index < -0.39 is 0 Å². The first-order valence-corrected chi connectivity index (χ1v) is 10.6. The van der Waals surface area contributed by atoms with Gasteiger partial charge in [0, 0.05) is 36.8 Å². The molecule has 3 aromatic rings. The quantitative estimate of drug-likeness (QED) is 0.583. The van der Waals surface area contributed by atoms with Crippen LogP contribution in [0, 0.1) is 6.92 Å². The van der Waals surface area contributed by atoms with E-state index in [2.05, 4.69) is 70.0 Å². The number of aromatic nitrogens is 1. The highest BCUT2D eigenvalue weighted by molar-refractivity contribution is 7.97. The zero-order chi connectivity index (χ0) is 20.1. The average molecular weight is 407 g/mol. The summed E-state index contributed by atoms with van der Waals surface area (Å²) in [5.74, 6) is 2.79. The summed E-state index contributed by atoms with van der Waals surface area (Å²) in [6.07, 6.45) is 0. The third kappa shape index (κ3) is 5.22. The van der Waals surface area contributed by atoms with Crippen LogP contribution in [-0.4, -0.2) is 42.6 Å².